The Morgan fingerprint density at radius 2 is 1.96 bits per heavy atom. The van der Waals surface area contributed by atoms with Crippen molar-refractivity contribution in [3.8, 4) is 5.69 Å². The molecule has 5 nitrogen and oxygen atoms in total. The topological polar surface area (TPSA) is 54.8 Å². The van der Waals surface area contributed by atoms with E-state index in [2.05, 4.69) is 34.1 Å². The van der Waals surface area contributed by atoms with Crippen LogP contribution in [0.5, 0.6) is 0 Å². The molecule has 0 saturated heterocycles. The first kappa shape index (κ1) is 17.3. The number of rotatable bonds is 5. The van der Waals surface area contributed by atoms with E-state index in [1.54, 1.807) is 10.8 Å². The monoisotopic (exact) mass is 376 g/mol. The molecule has 0 fully saturated rings. The smallest absolute Gasteiger partial charge is 0.274 e. The molecule has 0 aliphatic carbocycles. The highest BCUT2D eigenvalue weighted by molar-refractivity contribution is 7.71. The molecule has 0 radical (unpaired) electrons. The zero-order valence-electron chi connectivity index (χ0n) is 15.0. The molecule has 2 N–H and O–H groups in total. The summed E-state index contributed by atoms with van der Waals surface area (Å²) in [7, 11) is 0. The number of fused-ring (bicyclic) bond motifs is 1. The van der Waals surface area contributed by atoms with Gasteiger partial charge in [0.1, 0.15) is 5.69 Å². The summed E-state index contributed by atoms with van der Waals surface area (Å²) in [4.78, 5) is 15.8. The van der Waals surface area contributed by atoms with Crippen LogP contribution in [0.4, 0.5) is 5.69 Å². The van der Waals surface area contributed by atoms with Gasteiger partial charge < -0.3 is 14.9 Å². The second-order valence-electron chi connectivity index (χ2n) is 6.39. The maximum absolute atomic E-state index is 12.9. The zero-order valence-corrected chi connectivity index (χ0v) is 15.8. The molecule has 2 heterocycles. The molecule has 2 aromatic carbocycles. The van der Waals surface area contributed by atoms with Crippen molar-refractivity contribution in [2.24, 2.45) is 0 Å². The van der Waals surface area contributed by atoms with Crippen LogP contribution < -0.4 is 5.32 Å². The molecule has 136 valence electrons. The highest BCUT2D eigenvalue weighted by Gasteiger charge is 2.15. The van der Waals surface area contributed by atoms with E-state index in [4.69, 9.17) is 12.2 Å². The second kappa shape index (κ2) is 7.25. The number of aromatic nitrogens is 3. The minimum Gasteiger partial charge on any atom is -0.347 e. The summed E-state index contributed by atoms with van der Waals surface area (Å²) >= 11 is 5.35. The van der Waals surface area contributed by atoms with Crippen LogP contribution in [0.3, 0.4) is 0 Å². The quantitative estimate of drug-likeness (QED) is 0.473. The summed E-state index contributed by atoms with van der Waals surface area (Å²) in [6.07, 6.45) is 4.80. The highest BCUT2D eigenvalue weighted by Crippen LogP contribution is 2.22. The summed E-state index contributed by atoms with van der Waals surface area (Å²) in [5, 5.41) is 4.09. The lowest BCUT2D eigenvalue weighted by atomic mass is 10.2. The van der Waals surface area contributed by atoms with E-state index in [1.807, 2.05) is 48.5 Å². The van der Waals surface area contributed by atoms with Crippen molar-refractivity contribution in [3.63, 3.8) is 0 Å². The number of para-hydroxylation sites is 1. The van der Waals surface area contributed by atoms with Crippen molar-refractivity contribution >= 4 is 34.7 Å². The summed E-state index contributed by atoms with van der Waals surface area (Å²) in [6.45, 7) is 3.14. The number of carbonyl (C=O) groups is 1. The average molecular weight is 376 g/mol. The lowest BCUT2D eigenvalue weighted by molar-refractivity contribution is 0.102. The number of H-pyrrole nitrogens is 1. The zero-order chi connectivity index (χ0) is 18.8. The second-order valence-corrected chi connectivity index (χ2v) is 6.77. The van der Waals surface area contributed by atoms with Gasteiger partial charge in [-0.15, -0.1) is 0 Å². The first-order chi connectivity index (χ1) is 13.2. The molecule has 4 aromatic rings. The molecule has 2 aromatic heterocycles. The lowest BCUT2D eigenvalue weighted by Crippen LogP contribution is -2.16. The number of anilines is 1. The Bertz CT molecular complexity index is 1150. The van der Waals surface area contributed by atoms with Crippen LogP contribution in [-0.2, 0) is 6.54 Å². The van der Waals surface area contributed by atoms with Gasteiger partial charge in [0.05, 0.1) is 0 Å². The maximum Gasteiger partial charge on any atom is 0.274 e. The van der Waals surface area contributed by atoms with Crippen LogP contribution in [0.15, 0.2) is 67.0 Å². The molecular weight excluding hydrogens is 356 g/mol. The average Bonchev–Trinajstić information content (AvgIpc) is 3.26. The van der Waals surface area contributed by atoms with E-state index < -0.39 is 0 Å². The van der Waals surface area contributed by atoms with Crippen molar-refractivity contribution in [1.29, 1.82) is 0 Å². The normalized spacial score (nSPS) is 11.0. The number of amides is 1. The van der Waals surface area contributed by atoms with Gasteiger partial charge in [-0.2, -0.15) is 0 Å². The first-order valence-electron chi connectivity index (χ1n) is 8.93. The number of imidazole rings is 1. The van der Waals surface area contributed by atoms with Gasteiger partial charge in [-0.05, 0) is 55.0 Å². The summed E-state index contributed by atoms with van der Waals surface area (Å²) in [5.41, 5.74) is 3.24. The fraction of sp³-hybridized carbons (Fsp3) is 0.143. The Kier molecular flexibility index (Phi) is 4.64. The van der Waals surface area contributed by atoms with E-state index in [0.29, 0.717) is 10.5 Å². The summed E-state index contributed by atoms with van der Waals surface area (Å²) < 4.78 is 4.44. The van der Waals surface area contributed by atoms with Crippen molar-refractivity contribution in [3.05, 3.63) is 77.5 Å². The molecule has 0 atom stereocenters. The molecule has 6 heteroatoms. The number of hydrogen-bond donors (Lipinski definition) is 2. The molecule has 0 aliphatic rings. The fourth-order valence-corrected chi connectivity index (χ4v) is 3.54. The fourth-order valence-electron chi connectivity index (χ4n) is 3.28. The SMILES string of the molecule is CCCn1ccc2cc(NC(=O)c3c[nH]c(=S)n3-c3ccccc3)ccc21. The Labute approximate surface area is 162 Å². The summed E-state index contributed by atoms with van der Waals surface area (Å²) in [5.74, 6) is -0.210. The summed E-state index contributed by atoms with van der Waals surface area (Å²) in [6, 6.07) is 17.6. The largest absolute Gasteiger partial charge is 0.347 e. The van der Waals surface area contributed by atoms with Gasteiger partial charge in [-0.1, -0.05) is 25.1 Å². The number of aromatic amines is 1. The van der Waals surface area contributed by atoms with Gasteiger partial charge in [-0.3, -0.25) is 9.36 Å². The molecule has 0 saturated carbocycles. The van der Waals surface area contributed by atoms with Gasteiger partial charge in [0.25, 0.3) is 5.91 Å². The molecular formula is C21H20N4OS. The minimum absolute atomic E-state index is 0.210. The van der Waals surface area contributed by atoms with Crippen molar-refractivity contribution < 1.29 is 4.79 Å². The van der Waals surface area contributed by atoms with E-state index >= 15 is 0 Å². The van der Waals surface area contributed by atoms with E-state index in [0.717, 1.165) is 29.7 Å². The Morgan fingerprint density at radius 1 is 1.15 bits per heavy atom. The molecule has 1 amide bonds. The third-order valence-electron chi connectivity index (χ3n) is 4.52. The Hall–Kier alpha value is -3.12. The van der Waals surface area contributed by atoms with Gasteiger partial charge in [-0.25, -0.2) is 0 Å². The number of nitrogens with one attached hydrogen (secondary N) is 2. The van der Waals surface area contributed by atoms with E-state index in [1.165, 1.54) is 5.52 Å². The number of aryl methyl sites for hydroxylation is 1. The van der Waals surface area contributed by atoms with Gasteiger partial charge in [0.15, 0.2) is 4.77 Å². The van der Waals surface area contributed by atoms with E-state index in [9.17, 15) is 4.79 Å². The predicted octanol–water partition coefficient (Wildman–Crippen LogP) is 5.15. The molecule has 0 unspecified atom stereocenters. The van der Waals surface area contributed by atoms with Crippen LogP contribution in [0.2, 0.25) is 0 Å². The molecule has 0 spiro atoms. The molecule has 0 bridgehead atoms. The van der Waals surface area contributed by atoms with Crippen molar-refractivity contribution in [2.45, 2.75) is 19.9 Å². The molecule has 4 rings (SSSR count). The van der Waals surface area contributed by atoms with Gasteiger partial charge >= 0.3 is 0 Å². The number of carbonyl (C=O) groups excluding carboxylic acids is 1. The van der Waals surface area contributed by atoms with E-state index in [-0.39, 0.29) is 5.91 Å². The minimum atomic E-state index is -0.210. The van der Waals surface area contributed by atoms with Gasteiger partial charge in [0, 0.05) is 41.2 Å². The van der Waals surface area contributed by atoms with Crippen LogP contribution in [0.1, 0.15) is 23.8 Å². The van der Waals surface area contributed by atoms with Crippen LogP contribution in [-0.4, -0.2) is 20.0 Å². The standard InChI is InChI=1S/C21H20N4OS/c1-2-11-24-12-10-15-13-16(8-9-18(15)24)23-20(26)19-14-22-21(27)25(19)17-6-4-3-5-7-17/h3-10,12-14H,2,11H2,1H3,(H,22,27)(H,23,26). The van der Waals surface area contributed by atoms with Crippen molar-refractivity contribution in [1.82, 2.24) is 14.1 Å². The predicted molar refractivity (Wildman–Crippen MR) is 111 cm³/mol. The first-order valence-corrected chi connectivity index (χ1v) is 9.34. The van der Waals surface area contributed by atoms with Crippen LogP contribution >= 0.6 is 12.2 Å². The molecule has 27 heavy (non-hydrogen) atoms. The number of nitrogens with zero attached hydrogens (tertiary/aromatic N) is 2. The van der Waals surface area contributed by atoms with Gasteiger partial charge in [0.2, 0.25) is 0 Å². The number of benzene rings is 2. The van der Waals surface area contributed by atoms with Crippen LogP contribution in [0, 0.1) is 4.77 Å². The number of hydrogen-bond acceptors (Lipinski definition) is 2. The molecule has 0 aliphatic heterocycles. The third kappa shape index (κ3) is 3.31. The third-order valence-corrected chi connectivity index (χ3v) is 4.82. The lowest BCUT2D eigenvalue weighted by Gasteiger charge is -2.10. The van der Waals surface area contributed by atoms with Crippen LogP contribution in [0.25, 0.3) is 16.6 Å². The Morgan fingerprint density at radius 3 is 2.74 bits per heavy atom. The highest BCUT2D eigenvalue weighted by atomic mass is 32.1. The maximum atomic E-state index is 12.9. The van der Waals surface area contributed by atoms with Crippen molar-refractivity contribution in [2.75, 3.05) is 5.32 Å². The Balaban J connectivity index is 1.64.